The zero-order chi connectivity index (χ0) is 16.3. The molecule has 0 saturated heterocycles. The second-order valence-corrected chi connectivity index (χ2v) is 7.48. The van der Waals surface area contributed by atoms with Gasteiger partial charge in [0, 0.05) is 34.4 Å². The minimum atomic E-state index is -3.27. The van der Waals surface area contributed by atoms with Crippen LogP contribution in [0.5, 0.6) is 0 Å². The van der Waals surface area contributed by atoms with Crippen molar-refractivity contribution in [2.75, 3.05) is 39.4 Å². The van der Waals surface area contributed by atoms with Crippen LogP contribution in [0.1, 0.15) is 29.5 Å². The highest BCUT2D eigenvalue weighted by molar-refractivity contribution is 7.88. The summed E-state index contributed by atoms with van der Waals surface area (Å²) in [4.78, 5) is 4.61. The van der Waals surface area contributed by atoms with Crippen molar-refractivity contribution in [1.29, 1.82) is 0 Å². The molecule has 1 aliphatic rings. The van der Waals surface area contributed by atoms with Gasteiger partial charge in [-0.25, -0.2) is 17.7 Å². The number of anilines is 1. The van der Waals surface area contributed by atoms with Crippen LogP contribution < -0.4 is 5.32 Å². The highest BCUT2D eigenvalue weighted by Crippen LogP contribution is 2.28. The zero-order valence-electron chi connectivity index (χ0n) is 13.4. The van der Waals surface area contributed by atoms with Gasteiger partial charge in [-0.2, -0.15) is 0 Å². The third-order valence-electron chi connectivity index (χ3n) is 3.74. The second kappa shape index (κ2) is 6.91. The smallest absolute Gasteiger partial charge is 0.211 e. The van der Waals surface area contributed by atoms with Gasteiger partial charge in [0.2, 0.25) is 16.3 Å². The Morgan fingerprint density at radius 1 is 1.41 bits per heavy atom. The zero-order valence-corrected chi connectivity index (χ0v) is 14.2. The summed E-state index contributed by atoms with van der Waals surface area (Å²) in [5.41, 5.74) is 2.50. The number of fused-ring (bicyclic) bond motifs is 1. The summed E-state index contributed by atoms with van der Waals surface area (Å²) in [6, 6.07) is 2.00. The molecule has 0 fully saturated rings. The van der Waals surface area contributed by atoms with E-state index < -0.39 is 16.3 Å². The van der Waals surface area contributed by atoms with Crippen molar-refractivity contribution in [3.05, 3.63) is 22.9 Å². The molecule has 22 heavy (non-hydrogen) atoms. The Balaban J connectivity index is 2.44. The van der Waals surface area contributed by atoms with Gasteiger partial charge in [0.25, 0.3) is 0 Å². The maximum atomic E-state index is 11.7. The first-order valence-electron chi connectivity index (χ1n) is 7.10. The number of rotatable bonds is 6. The largest absolute Gasteiger partial charge is 0.370 e. The van der Waals surface area contributed by atoms with Gasteiger partial charge in [-0.15, -0.1) is 0 Å². The van der Waals surface area contributed by atoms with Crippen LogP contribution in [-0.2, 0) is 32.5 Å². The van der Waals surface area contributed by atoms with Crippen molar-refractivity contribution in [2.24, 2.45) is 0 Å². The Morgan fingerprint density at radius 2 is 2.09 bits per heavy atom. The average molecular weight is 329 g/mol. The molecule has 2 rings (SSSR count). The fourth-order valence-electron chi connectivity index (χ4n) is 2.45. The first-order valence-corrected chi connectivity index (χ1v) is 8.95. The van der Waals surface area contributed by atoms with E-state index in [0.717, 1.165) is 36.3 Å². The van der Waals surface area contributed by atoms with Gasteiger partial charge in [0.1, 0.15) is 11.5 Å². The number of ether oxygens (including phenoxy) is 2. The Labute approximate surface area is 131 Å². The van der Waals surface area contributed by atoms with Gasteiger partial charge in [-0.05, 0) is 30.0 Å². The molecule has 0 aromatic carbocycles. The van der Waals surface area contributed by atoms with Crippen molar-refractivity contribution in [3.63, 3.8) is 0 Å². The fourth-order valence-corrected chi connectivity index (χ4v) is 2.83. The second-order valence-electron chi connectivity index (χ2n) is 5.39. The summed E-state index contributed by atoms with van der Waals surface area (Å²) < 4.78 is 35.2. The van der Waals surface area contributed by atoms with E-state index in [4.69, 9.17) is 9.47 Å². The quantitative estimate of drug-likeness (QED) is 0.788. The predicted octanol–water partition coefficient (Wildman–Crippen LogP) is 1.12. The van der Waals surface area contributed by atoms with E-state index in [0.29, 0.717) is 5.69 Å². The predicted molar refractivity (Wildman–Crippen MR) is 84.1 cm³/mol. The molecule has 8 heteroatoms. The molecule has 0 aliphatic carbocycles. The number of hydrogen-bond donors (Lipinski definition) is 1. The number of sulfonamides is 1. The van der Waals surface area contributed by atoms with E-state index in [1.807, 2.05) is 6.07 Å². The number of aryl methyl sites for hydroxylation is 1. The molecule has 7 nitrogen and oxygen atoms in total. The fraction of sp³-hybridized carbons (Fsp3) is 0.643. The molecular formula is C14H23N3O4S. The lowest BCUT2D eigenvalue weighted by Gasteiger charge is -2.24. The third kappa shape index (κ3) is 3.75. The summed E-state index contributed by atoms with van der Waals surface area (Å²) in [7, 11) is 1.35. The summed E-state index contributed by atoms with van der Waals surface area (Å²) >= 11 is 0. The normalized spacial score (nSPS) is 15.0. The first-order chi connectivity index (χ1) is 10.4. The van der Waals surface area contributed by atoms with Crippen LogP contribution in [-0.4, -0.2) is 51.8 Å². The lowest BCUT2D eigenvalue weighted by Crippen LogP contribution is -2.27. The molecule has 0 atom stereocenters. The minimum Gasteiger partial charge on any atom is -0.370 e. The van der Waals surface area contributed by atoms with Gasteiger partial charge < -0.3 is 14.8 Å². The Hall–Kier alpha value is -1.22. The van der Waals surface area contributed by atoms with Crippen LogP contribution in [0.15, 0.2) is 6.07 Å². The van der Waals surface area contributed by atoms with Crippen LogP contribution in [0.2, 0.25) is 0 Å². The molecule has 124 valence electrons. The van der Waals surface area contributed by atoms with Crippen molar-refractivity contribution in [3.8, 4) is 0 Å². The molecule has 0 unspecified atom stereocenters. The molecule has 0 spiro atoms. The van der Waals surface area contributed by atoms with Crippen LogP contribution >= 0.6 is 0 Å². The summed E-state index contributed by atoms with van der Waals surface area (Å²) in [5.74, 6) is 0.825. The van der Waals surface area contributed by atoms with Crippen molar-refractivity contribution in [1.82, 2.24) is 9.29 Å². The number of aromatic nitrogens is 1. The third-order valence-corrected chi connectivity index (χ3v) is 5.00. The van der Waals surface area contributed by atoms with E-state index in [1.165, 1.54) is 24.8 Å². The standard InChI is InChI=1S/C14H23N3O4S/c1-17(22(4,18)19)9-11-8-10-6-5-7-15-13(10)16-12(11)14(20-2)21-3/h8,14H,5-7,9H2,1-4H3,(H,15,16). The SMILES string of the molecule is COC(OC)c1nc2c(cc1CN(C)S(C)(=O)=O)CCCN2. The van der Waals surface area contributed by atoms with Gasteiger partial charge in [0.05, 0.1) is 6.26 Å². The molecule has 1 aromatic heterocycles. The highest BCUT2D eigenvalue weighted by Gasteiger charge is 2.23. The molecule has 2 heterocycles. The molecule has 1 N–H and O–H groups in total. The first kappa shape index (κ1) is 17.1. The summed E-state index contributed by atoms with van der Waals surface area (Å²) in [6.07, 6.45) is 2.52. The van der Waals surface area contributed by atoms with E-state index in [-0.39, 0.29) is 6.54 Å². The lowest BCUT2D eigenvalue weighted by molar-refractivity contribution is -0.109. The maximum Gasteiger partial charge on any atom is 0.211 e. The Kier molecular flexibility index (Phi) is 5.38. The molecule has 0 amide bonds. The molecule has 0 radical (unpaired) electrons. The lowest BCUT2D eigenvalue weighted by atomic mass is 10.0. The van der Waals surface area contributed by atoms with Gasteiger partial charge in [-0.3, -0.25) is 0 Å². The minimum absolute atomic E-state index is 0.234. The number of methoxy groups -OCH3 is 2. The van der Waals surface area contributed by atoms with Gasteiger partial charge in [-0.1, -0.05) is 0 Å². The van der Waals surface area contributed by atoms with Crippen molar-refractivity contribution < 1.29 is 17.9 Å². The maximum absolute atomic E-state index is 11.7. The van der Waals surface area contributed by atoms with Gasteiger partial charge in [0.15, 0.2) is 0 Å². The van der Waals surface area contributed by atoms with E-state index >= 15 is 0 Å². The molecular weight excluding hydrogens is 306 g/mol. The van der Waals surface area contributed by atoms with Crippen molar-refractivity contribution >= 4 is 15.8 Å². The van der Waals surface area contributed by atoms with E-state index in [2.05, 4.69) is 10.3 Å². The number of pyridine rings is 1. The van der Waals surface area contributed by atoms with E-state index in [9.17, 15) is 8.42 Å². The molecule has 0 saturated carbocycles. The molecule has 1 aliphatic heterocycles. The monoisotopic (exact) mass is 329 g/mol. The number of nitrogens with zero attached hydrogens (tertiary/aromatic N) is 2. The van der Waals surface area contributed by atoms with Crippen LogP contribution in [0, 0.1) is 0 Å². The number of hydrogen-bond acceptors (Lipinski definition) is 6. The van der Waals surface area contributed by atoms with Crippen LogP contribution in [0.4, 0.5) is 5.82 Å². The molecule has 0 bridgehead atoms. The highest BCUT2D eigenvalue weighted by atomic mass is 32.2. The van der Waals surface area contributed by atoms with Crippen LogP contribution in [0.25, 0.3) is 0 Å². The Bertz CT molecular complexity index is 629. The van der Waals surface area contributed by atoms with E-state index in [1.54, 1.807) is 7.05 Å². The van der Waals surface area contributed by atoms with Crippen LogP contribution in [0.3, 0.4) is 0 Å². The average Bonchev–Trinajstić information content (AvgIpc) is 2.47. The molecule has 1 aromatic rings. The summed E-state index contributed by atoms with van der Waals surface area (Å²) in [6.45, 7) is 1.12. The topological polar surface area (TPSA) is 80.8 Å². The number of nitrogens with one attached hydrogen (secondary N) is 1. The van der Waals surface area contributed by atoms with Crippen molar-refractivity contribution in [2.45, 2.75) is 25.7 Å². The Morgan fingerprint density at radius 3 is 2.68 bits per heavy atom. The summed E-state index contributed by atoms with van der Waals surface area (Å²) in [5, 5.41) is 3.26. The van der Waals surface area contributed by atoms with Gasteiger partial charge >= 0.3 is 0 Å².